The number of nitrogens with zero attached hydrogens (tertiary/aromatic N) is 1. The van der Waals surface area contributed by atoms with Gasteiger partial charge in [0.05, 0.1) is 0 Å². The Morgan fingerprint density at radius 1 is 1.29 bits per heavy atom. The van der Waals surface area contributed by atoms with Crippen LogP contribution in [0.2, 0.25) is 0 Å². The van der Waals surface area contributed by atoms with Crippen LogP contribution in [0.4, 0.5) is 0 Å². The highest BCUT2D eigenvalue weighted by molar-refractivity contribution is 6.09. The first-order valence-corrected chi connectivity index (χ1v) is 7.28. The molecule has 1 amide bonds. The molecule has 2 heterocycles. The molecule has 1 aromatic carbocycles. The van der Waals surface area contributed by atoms with E-state index in [9.17, 15) is 4.79 Å². The number of carbonyl (C=O) groups is 1. The highest BCUT2D eigenvalue weighted by atomic mass is 16.5. The number of para-hydroxylation sites is 1. The number of carbonyl (C=O) groups excluding carboxylic acids is 1. The number of nitrogens with one attached hydrogen (secondary N) is 2. The molecule has 0 radical (unpaired) electrons. The Morgan fingerprint density at radius 3 is 2.71 bits per heavy atom. The van der Waals surface area contributed by atoms with Gasteiger partial charge in [-0.05, 0) is 33.8 Å². The monoisotopic (exact) mass is 287 g/mol. The van der Waals surface area contributed by atoms with E-state index < -0.39 is 11.1 Å². The average Bonchev–Trinajstić information content (AvgIpc) is 2.63. The third kappa shape index (κ3) is 2.26. The molecule has 5 nitrogen and oxygen atoms in total. The van der Waals surface area contributed by atoms with Crippen LogP contribution in [0, 0.1) is 0 Å². The molecule has 0 bridgehead atoms. The van der Waals surface area contributed by atoms with Crippen LogP contribution in [0.5, 0.6) is 5.75 Å². The second kappa shape index (κ2) is 4.48. The maximum Gasteiger partial charge on any atom is 0.257 e. The Labute approximate surface area is 124 Å². The van der Waals surface area contributed by atoms with Crippen molar-refractivity contribution in [1.82, 2.24) is 10.6 Å². The Kier molecular flexibility index (Phi) is 2.97. The topological polar surface area (TPSA) is 62.7 Å². The molecule has 3 rings (SSSR count). The fourth-order valence-electron chi connectivity index (χ4n) is 3.12. The summed E-state index contributed by atoms with van der Waals surface area (Å²) in [5, 5.41) is 6.18. The predicted octanol–water partition coefficient (Wildman–Crippen LogP) is 1.93. The van der Waals surface area contributed by atoms with E-state index in [2.05, 4.69) is 15.6 Å². The number of hydrogen-bond donors (Lipinski definition) is 2. The summed E-state index contributed by atoms with van der Waals surface area (Å²) in [4.78, 5) is 17.1. The molecule has 2 N–H and O–H groups in total. The summed E-state index contributed by atoms with van der Waals surface area (Å²) in [6.45, 7) is 7.95. The Bertz CT molecular complexity index is 622. The number of fused-ring (bicyclic) bond motifs is 2. The van der Waals surface area contributed by atoms with Crippen LogP contribution in [-0.4, -0.2) is 23.5 Å². The van der Waals surface area contributed by atoms with Gasteiger partial charge in [-0.1, -0.05) is 18.2 Å². The minimum Gasteiger partial charge on any atom is -0.487 e. The first-order valence-electron chi connectivity index (χ1n) is 7.28. The molecule has 0 saturated carbocycles. The molecule has 2 aliphatic rings. The number of benzene rings is 1. The molecule has 1 unspecified atom stereocenters. The Balaban J connectivity index is 2.10. The number of ether oxygens (including phenoxy) is 1. The predicted molar refractivity (Wildman–Crippen MR) is 81.3 cm³/mol. The summed E-state index contributed by atoms with van der Waals surface area (Å²) in [5.41, 5.74) is -0.353. The Hall–Kier alpha value is -2.04. The largest absolute Gasteiger partial charge is 0.487 e. The van der Waals surface area contributed by atoms with Crippen molar-refractivity contribution < 1.29 is 9.53 Å². The fourth-order valence-corrected chi connectivity index (χ4v) is 3.12. The SMILES string of the molecule is CC(C)N=C1NC(=O)C2(CC(C)(C)Oc3ccccc32)N1. The summed E-state index contributed by atoms with van der Waals surface area (Å²) < 4.78 is 6.01. The van der Waals surface area contributed by atoms with E-state index in [1.54, 1.807) is 0 Å². The maximum atomic E-state index is 12.7. The molecule has 1 saturated heterocycles. The van der Waals surface area contributed by atoms with Gasteiger partial charge in [-0.15, -0.1) is 0 Å². The standard InChI is InChI=1S/C16H21N3O2/c1-10(2)17-14-18-13(20)16(19-14)9-15(3,4)21-12-8-6-5-7-11(12)16/h5-8,10H,9H2,1-4H3,(H2,17,18,19,20). The van der Waals surface area contributed by atoms with Gasteiger partial charge in [-0.25, -0.2) is 0 Å². The van der Waals surface area contributed by atoms with Gasteiger partial charge in [0.2, 0.25) is 0 Å². The zero-order valence-electron chi connectivity index (χ0n) is 12.9. The summed E-state index contributed by atoms with van der Waals surface area (Å²) in [6, 6.07) is 7.81. The maximum absolute atomic E-state index is 12.7. The van der Waals surface area contributed by atoms with Crippen LogP contribution in [-0.2, 0) is 10.3 Å². The molecule has 0 aliphatic carbocycles. The molecule has 2 aliphatic heterocycles. The van der Waals surface area contributed by atoms with Gasteiger partial charge in [-0.2, -0.15) is 0 Å². The molecule has 112 valence electrons. The fraction of sp³-hybridized carbons (Fsp3) is 0.500. The summed E-state index contributed by atoms with van der Waals surface area (Å²) in [5.74, 6) is 1.23. The van der Waals surface area contributed by atoms with Crippen molar-refractivity contribution in [3.8, 4) is 5.75 Å². The minimum atomic E-state index is -0.800. The van der Waals surface area contributed by atoms with E-state index in [0.29, 0.717) is 12.4 Å². The smallest absolute Gasteiger partial charge is 0.257 e. The van der Waals surface area contributed by atoms with Crippen molar-refractivity contribution in [3.05, 3.63) is 29.8 Å². The van der Waals surface area contributed by atoms with Gasteiger partial charge in [0.25, 0.3) is 5.91 Å². The number of amides is 1. The molecule has 1 fully saturated rings. The van der Waals surface area contributed by atoms with Crippen LogP contribution in [0.15, 0.2) is 29.3 Å². The van der Waals surface area contributed by atoms with Crippen LogP contribution < -0.4 is 15.4 Å². The van der Waals surface area contributed by atoms with E-state index in [1.807, 2.05) is 52.0 Å². The third-order valence-corrected chi connectivity index (χ3v) is 3.76. The number of rotatable bonds is 1. The van der Waals surface area contributed by atoms with Crippen molar-refractivity contribution in [2.24, 2.45) is 4.99 Å². The van der Waals surface area contributed by atoms with Gasteiger partial charge in [0, 0.05) is 18.0 Å². The van der Waals surface area contributed by atoms with Crippen molar-refractivity contribution >= 4 is 11.9 Å². The van der Waals surface area contributed by atoms with E-state index >= 15 is 0 Å². The second-order valence-corrected chi connectivity index (χ2v) is 6.59. The highest BCUT2D eigenvalue weighted by Gasteiger charge is 2.54. The Morgan fingerprint density at radius 2 is 2.00 bits per heavy atom. The summed E-state index contributed by atoms with van der Waals surface area (Å²) in [6.07, 6.45) is 0.556. The second-order valence-electron chi connectivity index (χ2n) is 6.59. The van der Waals surface area contributed by atoms with Crippen LogP contribution >= 0.6 is 0 Å². The molecule has 1 atom stereocenters. The zero-order valence-corrected chi connectivity index (χ0v) is 12.9. The molecular weight excluding hydrogens is 266 g/mol. The first kappa shape index (κ1) is 13.9. The van der Waals surface area contributed by atoms with Crippen molar-refractivity contribution in [2.75, 3.05) is 0 Å². The van der Waals surface area contributed by atoms with Gasteiger partial charge in [-0.3, -0.25) is 15.1 Å². The van der Waals surface area contributed by atoms with E-state index in [-0.39, 0.29) is 11.9 Å². The van der Waals surface area contributed by atoms with Gasteiger partial charge in [0.1, 0.15) is 11.4 Å². The van der Waals surface area contributed by atoms with Crippen molar-refractivity contribution in [3.63, 3.8) is 0 Å². The quantitative estimate of drug-likeness (QED) is 0.829. The van der Waals surface area contributed by atoms with Crippen LogP contribution in [0.25, 0.3) is 0 Å². The molecule has 1 aromatic rings. The molecular formula is C16H21N3O2. The van der Waals surface area contributed by atoms with Gasteiger partial charge >= 0.3 is 0 Å². The number of aliphatic imine (C=N–C) groups is 1. The van der Waals surface area contributed by atoms with Crippen molar-refractivity contribution in [1.29, 1.82) is 0 Å². The van der Waals surface area contributed by atoms with E-state index in [0.717, 1.165) is 11.3 Å². The lowest BCUT2D eigenvalue weighted by atomic mass is 9.77. The molecule has 5 heteroatoms. The summed E-state index contributed by atoms with van der Waals surface area (Å²) >= 11 is 0. The van der Waals surface area contributed by atoms with Gasteiger partial charge < -0.3 is 10.1 Å². The van der Waals surface area contributed by atoms with Crippen LogP contribution in [0.3, 0.4) is 0 Å². The molecule has 21 heavy (non-hydrogen) atoms. The lowest BCUT2D eigenvalue weighted by molar-refractivity contribution is -0.127. The third-order valence-electron chi connectivity index (χ3n) is 3.76. The average molecular weight is 287 g/mol. The van der Waals surface area contributed by atoms with Crippen LogP contribution in [0.1, 0.15) is 39.7 Å². The highest BCUT2D eigenvalue weighted by Crippen LogP contribution is 2.44. The zero-order chi connectivity index (χ0) is 15.3. The van der Waals surface area contributed by atoms with E-state index in [4.69, 9.17) is 4.74 Å². The normalized spacial score (nSPS) is 28.2. The minimum absolute atomic E-state index is 0.0641. The molecule has 1 spiro atoms. The van der Waals surface area contributed by atoms with Crippen molar-refractivity contribution in [2.45, 2.75) is 51.3 Å². The number of hydrogen-bond acceptors (Lipinski definition) is 3. The number of guanidine groups is 1. The summed E-state index contributed by atoms with van der Waals surface area (Å²) in [7, 11) is 0. The molecule has 0 aromatic heterocycles. The van der Waals surface area contributed by atoms with E-state index in [1.165, 1.54) is 0 Å². The first-order chi connectivity index (χ1) is 9.82. The van der Waals surface area contributed by atoms with Gasteiger partial charge in [0.15, 0.2) is 11.5 Å². The lowest BCUT2D eigenvalue weighted by Crippen LogP contribution is -2.53. The lowest BCUT2D eigenvalue weighted by Gasteiger charge is -2.42.